The van der Waals surface area contributed by atoms with Gasteiger partial charge >= 0.3 is 0 Å². The van der Waals surface area contributed by atoms with Gasteiger partial charge in [0, 0.05) is 19.0 Å². The molecule has 156 valence electrons. The van der Waals surface area contributed by atoms with Crippen molar-refractivity contribution < 1.29 is 5.11 Å². The van der Waals surface area contributed by atoms with Crippen LogP contribution in [-0.2, 0) is 6.42 Å². The van der Waals surface area contributed by atoms with Crippen molar-refractivity contribution in [2.45, 2.75) is 59.1 Å². The van der Waals surface area contributed by atoms with Crippen LogP contribution < -0.4 is 10.6 Å². The Morgan fingerprint density at radius 1 is 1.15 bits per heavy atom. The first-order valence-electron chi connectivity index (χ1n) is 10.1. The van der Waals surface area contributed by atoms with E-state index < -0.39 is 6.10 Å². The molecule has 1 aromatic rings. The van der Waals surface area contributed by atoms with Crippen molar-refractivity contribution in [2.75, 3.05) is 32.7 Å². The summed E-state index contributed by atoms with van der Waals surface area (Å²) in [7, 11) is 0. The SMILES string of the molecule is CCNC(=NCC(O)Cc1ccccc1)NC(C)CCCN(CC)CC.I. The maximum Gasteiger partial charge on any atom is 0.191 e. The van der Waals surface area contributed by atoms with Crippen LogP contribution in [0.5, 0.6) is 0 Å². The lowest BCUT2D eigenvalue weighted by Gasteiger charge is -2.21. The molecule has 0 bridgehead atoms. The molecule has 2 atom stereocenters. The Morgan fingerprint density at radius 3 is 2.41 bits per heavy atom. The minimum absolute atomic E-state index is 0. The summed E-state index contributed by atoms with van der Waals surface area (Å²) >= 11 is 0. The monoisotopic (exact) mass is 490 g/mol. The minimum Gasteiger partial charge on any atom is -0.391 e. The summed E-state index contributed by atoms with van der Waals surface area (Å²) in [4.78, 5) is 7.01. The van der Waals surface area contributed by atoms with Gasteiger partial charge in [0.15, 0.2) is 5.96 Å². The van der Waals surface area contributed by atoms with E-state index in [1.54, 1.807) is 0 Å². The molecular formula is C21H39IN4O. The highest BCUT2D eigenvalue weighted by molar-refractivity contribution is 14.0. The van der Waals surface area contributed by atoms with Gasteiger partial charge in [-0.15, -0.1) is 24.0 Å². The van der Waals surface area contributed by atoms with Crippen LogP contribution in [0.15, 0.2) is 35.3 Å². The largest absolute Gasteiger partial charge is 0.391 e. The quantitative estimate of drug-likeness (QED) is 0.239. The minimum atomic E-state index is -0.467. The molecule has 0 saturated heterocycles. The van der Waals surface area contributed by atoms with Gasteiger partial charge in [-0.3, -0.25) is 4.99 Å². The number of rotatable bonds is 12. The normalized spacial score (nSPS) is 13.8. The summed E-state index contributed by atoms with van der Waals surface area (Å²) in [5.41, 5.74) is 1.14. The molecule has 0 spiro atoms. The molecule has 0 saturated carbocycles. The molecule has 0 fully saturated rings. The van der Waals surface area contributed by atoms with Crippen molar-refractivity contribution in [3.8, 4) is 0 Å². The van der Waals surface area contributed by atoms with Crippen LogP contribution in [0, 0.1) is 0 Å². The Kier molecular flexibility index (Phi) is 15.6. The third kappa shape index (κ3) is 12.3. The van der Waals surface area contributed by atoms with Crippen molar-refractivity contribution in [3.63, 3.8) is 0 Å². The molecule has 3 N–H and O–H groups in total. The Hall–Kier alpha value is -0.860. The molecule has 0 aliphatic carbocycles. The standard InChI is InChI=1S/C21H38N4O.HI/c1-5-22-21(24-18(4)12-11-15-25(6-2)7-3)23-17-20(26)16-19-13-9-8-10-14-19;/h8-10,13-14,18,20,26H,5-7,11-12,15-17H2,1-4H3,(H2,22,23,24);1H. The summed E-state index contributed by atoms with van der Waals surface area (Å²) in [6.45, 7) is 13.2. The maximum absolute atomic E-state index is 10.2. The molecule has 0 aliphatic heterocycles. The first-order valence-corrected chi connectivity index (χ1v) is 10.1. The molecule has 0 radical (unpaired) electrons. The average molecular weight is 490 g/mol. The van der Waals surface area contributed by atoms with Crippen LogP contribution >= 0.6 is 24.0 Å². The van der Waals surface area contributed by atoms with E-state index in [1.165, 1.54) is 6.42 Å². The molecule has 1 aromatic carbocycles. The van der Waals surface area contributed by atoms with Gasteiger partial charge in [-0.25, -0.2) is 0 Å². The van der Waals surface area contributed by atoms with E-state index in [1.807, 2.05) is 30.3 Å². The molecule has 0 heterocycles. The van der Waals surface area contributed by atoms with Crippen LogP contribution in [0.2, 0.25) is 0 Å². The summed E-state index contributed by atoms with van der Waals surface area (Å²) in [6.07, 6.45) is 2.44. The van der Waals surface area contributed by atoms with Crippen molar-refractivity contribution in [1.82, 2.24) is 15.5 Å². The van der Waals surface area contributed by atoms with Crippen LogP contribution in [-0.4, -0.2) is 60.8 Å². The second-order valence-electron chi connectivity index (χ2n) is 6.78. The van der Waals surface area contributed by atoms with Gasteiger partial charge in [0.2, 0.25) is 0 Å². The highest BCUT2D eigenvalue weighted by Crippen LogP contribution is 2.04. The van der Waals surface area contributed by atoms with Gasteiger partial charge in [-0.05, 0) is 51.9 Å². The Bertz CT molecular complexity index is 494. The average Bonchev–Trinajstić information content (AvgIpc) is 2.64. The molecule has 1 rings (SSSR count). The zero-order valence-electron chi connectivity index (χ0n) is 17.4. The van der Waals surface area contributed by atoms with Gasteiger partial charge in [-0.1, -0.05) is 44.2 Å². The lowest BCUT2D eigenvalue weighted by atomic mass is 10.1. The maximum atomic E-state index is 10.2. The van der Waals surface area contributed by atoms with Crippen molar-refractivity contribution in [2.24, 2.45) is 4.99 Å². The van der Waals surface area contributed by atoms with Gasteiger partial charge in [0.1, 0.15) is 0 Å². The van der Waals surface area contributed by atoms with E-state index in [9.17, 15) is 5.11 Å². The number of guanidine groups is 1. The number of nitrogens with zero attached hydrogens (tertiary/aromatic N) is 2. The Morgan fingerprint density at radius 2 is 1.81 bits per heavy atom. The smallest absolute Gasteiger partial charge is 0.191 e. The molecule has 27 heavy (non-hydrogen) atoms. The van der Waals surface area contributed by atoms with E-state index >= 15 is 0 Å². The van der Waals surface area contributed by atoms with Crippen molar-refractivity contribution in [3.05, 3.63) is 35.9 Å². The zero-order valence-corrected chi connectivity index (χ0v) is 19.8. The fraction of sp³-hybridized carbons (Fsp3) is 0.667. The lowest BCUT2D eigenvalue weighted by molar-refractivity contribution is 0.183. The predicted molar refractivity (Wildman–Crippen MR) is 127 cm³/mol. The van der Waals surface area contributed by atoms with Crippen LogP contribution in [0.4, 0.5) is 0 Å². The molecule has 0 aliphatic rings. The summed E-state index contributed by atoms with van der Waals surface area (Å²) in [5.74, 6) is 0.787. The van der Waals surface area contributed by atoms with E-state index in [0.29, 0.717) is 19.0 Å². The topological polar surface area (TPSA) is 59.9 Å². The Labute approximate surface area is 183 Å². The number of hydrogen-bond acceptors (Lipinski definition) is 3. The van der Waals surface area contributed by atoms with Crippen LogP contribution in [0.1, 0.15) is 46.1 Å². The van der Waals surface area contributed by atoms with E-state index in [4.69, 9.17) is 0 Å². The van der Waals surface area contributed by atoms with Crippen molar-refractivity contribution >= 4 is 29.9 Å². The number of aliphatic hydroxyl groups is 1. The molecule has 0 aromatic heterocycles. The number of halogens is 1. The van der Waals surface area contributed by atoms with Gasteiger partial charge in [-0.2, -0.15) is 0 Å². The van der Waals surface area contributed by atoms with Crippen molar-refractivity contribution in [1.29, 1.82) is 0 Å². The first kappa shape index (κ1) is 26.1. The van der Waals surface area contributed by atoms with E-state index in [0.717, 1.165) is 44.1 Å². The zero-order chi connectivity index (χ0) is 19.2. The summed E-state index contributed by atoms with van der Waals surface area (Å²) in [6, 6.07) is 10.4. The number of aliphatic hydroxyl groups excluding tert-OH is 1. The fourth-order valence-electron chi connectivity index (χ4n) is 2.93. The molecule has 2 unspecified atom stereocenters. The predicted octanol–water partition coefficient (Wildman–Crippen LogP) is 3.27. The molecule has 0 amide bonds. The second-order valence-corrected chi connectivity index (χ2v) is 6.78. The van der Waals surface area contributed by atoms with E-state index in [-0.39, 0.29) is 24.0 Å². The summed E-state index contributed by atoms with van der Waals surface area (Å²) < 4.78 is 0. The Balaban J connectivity index is 0.00000676. The third-order valence-electron chi connectivity index (χ3n) is 4.51. The first-order chi connectivity index (χ1) is 12.6. The molecule has 5 nitrogen and oxygen atoms in total. The lowest BCUT2D eigenvalue weighted by Crippen LogP contribution is -2.43. The van der Waals surface area contributed by atoms with Gasteiger partial charge in [0.05, 0.1) is 12.6 Å². The fourth-order valence-corrected chi connectivity index (χ4v) is 2.93. The number of aliphatic imine (C=N–C) groups is 1. The number of nitrogens with one attached hydrogen (secondary N) is 2. The molecule has 6 heteroatoms. The van der Waals surface area contributed by atoms with Gasteiger partial charge in [0.25, 0.3) is 0 Å². The third-order valence-corrected chi connectivity index (χ3v) is 4.51. The second kappa shape index (κ2) is 16.1. The highest BCUT2D eigenvalue weighted by Gasteiger charge is 2.09. The van der Waals surface area contributed by atoms with Crippen LogP contribution in [0.25, 0.3) is 0 Å². The number of hydrogen-bond donors (Lipinski definition) is 3. The highest BCUT2D eigenvalue weighted by atomic mass is 127. The summed E-state index contributed by atoms with van der Waals surface area (Å²) in [5, 5.41) is 17.0. The number of benzene rings is 1. The molecular weight excluding hydrogens is 451 g/mol. The van der Waals surface area contributed by atoms with Crippen LogP contribution in [0.3, 0.4) is 0 Å². The van der Waals surface area contributed by atoms with Gasteiger partial charge < -0.3 is 20.6 Å². The van der Waals surface area contributed by atoms with E-state index in [2.05, 4.69) is 48.2 Å².